The minimum atomic E-state index is 0.644. The summed E-state index contributed by atoms with van der Waals surface area (Å²) >= 11 is 0. The fraction of sp³-hybridized carbons (Fsp3) is 0.400. The summed E-state index contributed by atoms with van der Waals surface area (Å²) in [6.45, 7) is 3.63. The third-order valence-corrected chi connectivity index (χ3v) is 2.78. The van der Waals surface area contributed by atoms with E-state index in [9.17, 15) is 0 Å². The molecule has 0 radical (unpaired) electrons. The van der Waals surface area contributed by atoms with E-state index in [1.807, 2.05) is 31.3 Å². The molecule has 0 bridgehead atoms. The fourth-order valence-electron chi connectivity index (χ4n) is 1.73. The van der Waals surface area contributed by atoms with Gasteiger partial charge in [0.1, 0.15) is 12.0 Å². The lowest BCUT2D eigenvalue weighted by atomic mass is 10.2. The Morgan fingerprint density at radius 3 is 2.74 bits per heavy atom. The van der Waals surface area contributed by atoms with Gasteiger partial charge >= 0.3 is 0 Å². The highest BCUT2D eigenvalue weighted by molar-refractivity contribution is 5.54. The molecule has 19 heavy (non-hydrogen) atoms. The molecular weight excluding hydrogens is 240 g/mol. The predicted molar refractivity (Wildman–Crippen MR) is 75.1 cm³/mol. The monoisotopic (exact) mass is 260 g/mol. The molecule has 4 nitrogen and oxygen atoms in total. The number of ether oxygens (including phenoxy) is 1. The van der Waals surface area contributed by atoms with Crippen LogP contribution in [-0.4, -0.2) is 18.6 Å². The number of oxazole rings is 1. The Morgan fingerprint density at radius 2 is 2.05 bits per heavy atom. The molecule has 0 amide bonds. The van der Waals surface area contributed by atoms with Gasteiger partial charge in [0.15, 0.2) is 0 Å². The molecule has 1 N–H and O–H groups in total. The molecule has 1 aromatic carbocycles. The van der Waals surface area contributed by atoms with Crippen molar-refractivity contribution in [1.29, 1.82) is 0 Å². The van der Waals surface area contributed by atoms with Gasteiger partial charge in [-0.2, -0.15) is 0 Å². The molecule has 0 spiro atoms. The lowest BCUT2D eigenvalue weighted by Gasteiger charge is -2.05. The van der Waals surface area contributed by atoms with Crippen LogP contribution in [0, 0.1) is 0 Å². The zero-order valence-corrected chi connectivity index (χ0v) is 11.5. The van der Waals surface area contributed by atoms with E-state index in [1.54, 1.807) is 6.26 Å². The second-order valence-corrected chi connectivity index (χ2v) is 4.40. The molecule has 102 valence electrons. The number of aromatic nitrogens is 1. The van der Waals surface area contributed by atoms with Crippen LogP contribution in [0.25, 0.3) is 11.5 Å². The molecule has 4 heteroatoms. The van der Waals surface area contributed by atoms with E-state index in [4.69, 9.17) is 9.15 Å². The number of nitrogens with one attached hydrogen (secondary N) is 1. The first-order chi connectivity index (χ1) is 9.33. The van der Waals surface area contributed by atoms with Crippen LogP contribution < -0.4 is 10.1 Å². The van der Waals surface area contributed by atoms with Crippen LogP contribution >= 0.6 is 0 Å². The Morgan fingerprint density at radius 1 is 1.26 bits per heavy atom. The summed E-state index contributed by atoms with van der Waals surface area (Å²) < 4.78 is 11.1. The molecule has 0 saturated carbocycles. The molecular formula is C15H20N2O2. The van der Waals surface area contributed by atoms with Crippen LogP contribution in [0.15, 0.2) is 34.9 Å². The highest BCUT2D eigenvalue weighted by Gasteiger charge is 2.06. The molecule has 0 unspecified atom stereocenters. The van der Waals surface area contributed by atoms with E-state index in [2.05, 4.69) is 17.2 Å². The number of benzene rings is 1. The van der Waals surface area contributed by atoms with Gasteiger partial charge in [-0.25, -0.2) is 4.98 Å². The Balaban J connectivity index is 2.00. The van der Waals surface area contributed by atoms with Gasteiger partial charge in [-0.05, 0) is 37.7 Å². The maximum atomic E-state index is 5.62. The lowest BCUT2D eigenvalue weighted by Crippen LogP contribution is -2.04. The second kappa shape index (κ2) is 6.95. The quantitative estimate of drug-likeness (QED) is 0.776. The van der Waals surface area contributed by atoms with Gasteiger partial charge in [0.25, 0.3) is 0 Å². The van der Waals surface area contributed by atoms with Gasteiger partial charge in [0.05, 0.1) is 12.3 Å². The predicted octanol–water partition coefficient (Wildman–Crippen LogP) is 3.24. The first-order valence-corrected chi connectivity index (χ1v) is 6.65. The van der Waals surface area contributed by atoms with Gasteiger partial charge in [-0.15, -0.1) is 0 Å². The Labute approximate surface area is 113 Å². The highest BCUT2D eigenvalue weighted by Crippen LogP contribution is 2.22. The molecule has 1 aromatic heterocycles. The number of nitrogens with zero attached hydrogens (tertiary/aromatic N) is 1. The summed E-state index contributed by atoms with van der Waals surface area (Å²) in [6, 6.07) is 7.84. The zero-order chi connectivity index (χ0) is 13.5. The largest absolute Gasteiger partial charge is 0.494 e. The second-order valence-electron chi connectivity index (χ2n) is 4.40. The van der Waals surface area contributed by atoms with Crippen molar-refractivity contribution in [3.8, 4) is 17.2 Å². The van der Waals surface area contributed by atoms with E-state index in [-0.39, 0.29) is 0 Å². The first-order valence-electron chi connectivity index (χ1n) is 6.65. The molecule has 0 fully saturated rings. The van der Waals surface area contributed by atoms with Crippen LogP contribution in [0.4, 0.5) is 0 Å². The summed E-state index contributed by atoms with van der Waals surface area (Å²) in [5.74, 6) is 1.53. The van der Waals surface area contributed by atoms with E-state index in [0.29, 0.717) is 12.4 Å². The molecule has 0 atom stereocenters. The third kappa shape index (κ3) is 3.83. The molecule has 0 aliphatic carbocycles. The van der Waals surface area contributed by atoms with E-state index in [1.165, 1.54) is 0 Å². The minimum Gasteiger partial charge on any atom is -0.494 e. The lowest BCUT2D eigenvalue weighted by molar-refractivity contribution is 0.309. The molecule has 1 heterocycles. The van der Waals surface area contributed by atoms with Crippen molar-refractivity contribution in [2.45, 2.75) is 26.3 Å². The van der Waals surface area contributed by atoms with Crippen LogP contribution in [0.1, 0.15) is 25.5 Å². The van der Waals surface area contributed by atoms with Crippen molar-refractivity contribution < 1.29 is 9.15 Å². The van der Waals surface area contributed by atoms with Gasteiger partial charge in [-0.3, -0.25) is 0 Å². The van der Waals surface area contributed by atoms with E-state index in [0.717, 1.165) is 36.5 Å². The maximum absolute atomic E-state index is 5.62. The van der Waals surface area contributed by atoms with E-state index < -0.39 is 0 Å². The van der Waals surface area contributed by atoms with Crippen LogP contribution in [0.5, 0.6) is 5.75 Å². The number of hydrogen-bond acceptors (Lipinski definition) is 4. The molecule has 0 aliphatic heterocycles. The highest BCUT2D eigenvalue weighted by atomic mass is 16.5. The van der Waals surface area contributed by atoms with Crippen LogP contribution in [0.2, 0.25) is 0 Å². The molecule has 2 rings (SSSR count). The van der Waals surface area contributed by atoms with Gasteiger partial charge in [-0.1, -0.05) is 13.3 Å². The number of unbranched alkanes of at least 4 members (excludes halogenated alkanes) is 1. The smallest absolute Gasteiger partial charge is 0.226 e. The van der Waals surface area contributed by atoms with Gasteiger partial charge in [0.2, 0.25) is 5.89 Å². The van der Waals surface area contributed by atoms with Crippen LogP contribution in [-0.2, 0) is 6.54 Å². The summed E-state index contributed by atoms with van der Waals surface area (Å²) in [5.41, 5.74) is 1.87. The summed E-state index contributed by atoms with van der Waals surface area (Å²) in [4.78, 5) is 4.41. The number of rotatable bonds is 7. The first kappa shape index (κ1) is 13.6. The maximum Gasteiger partial charge on any atom is 0.226 e. The molecule has 0 saturated heterocycles. The van der Waals surface area contributed by atoms with Crippen molar-refractivity contribution in [2.24, 2.45) is 0 Å². The SMILES string of the molecule is CCCCOc1ccc(-c2nc(CNC)co2)cc1. The fourth-order valence-corrected chi connectivity index (χ4v) is 1.73. The Kier molecular flexibility index (Phi) is 4.98. The third-order valence-electron chi connectivity index (χ3n) is 2.78. The summed E-state index contributed by atoms with van der Waals surface area (Å²) in [7, 11) is 1.89. The van der Waals surface area contributed by atoms with Crippen molar-refractivity contribution in [1.82, 2.24) is 10.3 Å². The molecule has 0 aliphatic rings. The van der Waals surface area contributed by atoms with Crippen molar-refractivity contribution in [3.63, 3.8) is 0 Å². The topological polar surface area (TPSA) is 47.3 Å². The Hall–Kier alpha value is -1.81. The average molecular weight is 260 g/mol. The molecule has 2 aromatic rings. The minimum absolute atomic E-state index is 0.644. The van der Waals surface area contributed by atoms with Crippen molar-refractivity contribution in [3.05, 3.63) is 36.2 Å². The van der Waals surface area contributed by atoms with E-state index >= 15 is 0 Å². The summed E-state index contributed by atoms with van der Waals surface area (Å²) in [6.07, 6.45) is 3.90. The Bertz CT molecular complexity index is 491. The standard InChI is InChI=1S/C15H20N2O2/c1-3-4-9-18-14-7-5-12(6-8-14)15-17-13(10-16-2)11-19-15/h5-8,11,16H,3-4,9-10H2,1-2H3. The number of hydrogen-bond donors (Lipinski definition) is 1. The van der Waals surface area contributed by atoms with Gasteiger partial charge in [0, 0.05) is 12.1 Å². The normalized spacial score (nSPS) is 10.6. The van der Waals surface area contributed by atoms with Crippen LogP contribution in [0.3, 0.4) is 0 Å². The van der Waals surface area contributed by atoms with Crippen molar-refractivity contribution >= 4 is 0 Å². The zero-order valence-electron chi connectivity index (χ0n) is 11.5. The van der Waals surface area contributed by atoms with Crippen molar-refractivity contribution in [2.75, 3.05) is 13.7 Å². The summed E-state index contributed by atoms with van der Waals surface area (Å²) in [5, 5.41) is 3.04. The van der Waals surface area contributed by atoms with Gasteiger partial charge < -0.3 is 14.5 Å². The average Bonchev–Trinajstić information content (AvgIpc) is 2.89.